The second kappa shape index (κ2) is 7.77. The number of carbonyl (C=O) groups excluding carboxylic acids is 1. The van der Waals surface area contributed by atoms with E-state index in [-0.39, 0.29) is 18.3 Å². The molecule has 1 aromatic carbocycles. The van der Waals surface area contributed by atoms with Crippen molar-refractivity contribution in [3.63, 3.8) is 0 Å². The van der Waals surface area contributed by atoms with Crippen molar-refractivity contribution in [1.82, 2.24) is 20.3 Å². The molecule has 0 atom stereocenters. The van der Waals surface area contributed by atoms with Gasteiger partial charge in [0.05, 0.1) is 11.7 Å². The first-order valence-electron chi connectivity index (χ1n) is 8.07. The SMILES string of the molecule is Cc1ccc(NC(=O)c2nnn(C3CCNCC3)c2C)cc1C.Cl. The highest BCUT2D eigenvalue weighted by Crippen LogP contribution is 2.21. The normalized spacial score (nSPS) is 15.0. The Bertz CT molecular complexity index is 722. The maximum absolute atomic E-state index is 12.5. The first-order valence-corrected chi connectivity index (χ1v) is 8.07. The predicted molar refractivity (Wildman–Crippen MR) is 97.0 cm³/mol. The molecular formula is C17H24ClN5O. The molecule has 3 rings (SSSR count). The minimum absolute atomic E-state index is 0. The van der Waals surface area contributed by atoms with Gasteiger partial charge in [-0.1, -0.05) is 11.3 Å². The predicted octanol–water partition coefficient (Wildman–Crippen LogP) is 2.80. The lowest BCUT2D eigenvalue weighted by atomic mass is 10.1. The number of aryl methyl sites for hydroxylation is 2. The summed E-state index contributed by atoms with van der Waals surface area (Å²) >= 11 is 0. The van der Waals surface area contributed by atoms with Crippen molar-refractivity contribution in [1.29, 1.82) is 0 Å². The number of nitrogens with one attached hydrogen (secondary N) is 2. The van der Waals surface area contributed by atoms with Gasteiger partial charge in [-0.3, -0.25) is 4.79 Å². The maximum Gasteiger partial charge on any atom is 0.278 e. The van der Waals surface area contributed by atoms with Gasteiger partial charge in [0.25, 0.3) is 5.91 Å². The molecule has 2 heterocycles. The lowest BCUT2D eigenvalue weighted by Crippen LogP contribution is -2.30. The number of hydrogen-bond acceptors (Lipinski definition) is 4. The Morgan fingerprint density at radius 1 is 1.21 bits per heavy atom. The van der Waals surface area contributed by atoms with Gasteiger partial charge >= 0.3 is 0 Å². The minimum Gasteiger partial charge on any atom is -0.321 e. The molecule has 0 unspecified atom stereocenters. The van der Waals surface area contributed by atoms with E-state index in [4.69, 9.17) is 0 Å². The molecule has 0 bridgehead atoms. The van der Waals surface area contributed by atoms with Gasteiger partial charge in [-0.25, -0.2) is 4.68 Å². The van der Waals surface area contributed by atoms with Crippen LogP contribution in [-0.2, 0) is 0 Å². The maximum atomic E-state index is 12.5. The number of anilines is 1. The summed E-state index contributed by atoms with van der Waals surface area (Å²) in [6.07, 6.45) is 2.03. The summed E-state index contributed by atoms with van der Waals surface area (Å²) in [7, 11) is 0. The van der Waals surface area contributed by atoms with E-state index in [9.17, 15) is 4.79 Å². The number of hydrogen-bond donors (Lipinski definition) is 2. The lowest BCUT2D eigenvalue weighted by molar-refractivity contribution is 0.102. The fourth-order valence-corrected chi connectivity index (χ4v) is 2.96. The van der Waals surface area contributed by atoms with Gasteiger partial charge in [0.2, 0.25) is 0 Å². The van der Waals surface area contributed by atoms with Gasteiger partial charge < -0.3 is 10.6 Å². The van der Waals surface area contributed by atoms with Crippen LogP contribution in [-0.4, -0.2) is 34.0 Å². The van der Waals surface area contributed by atoms with Crippen LogP contribution in [0.15, 0.2) is 18.2 Å². The summed E-state index contributed by atoms with van der Waals surface area (Å²) in [6.45, 7) is 7.96. The highest BCUT2D eigenvalue weighted by Gasteiger charge is 2.22. The van der Waals surface area contributed by atoms with Crippen LogP contribution >= 0.6 is 12.4 Å². The van der Waals surface area contributed by atoms with Crippen LogP contribution in [0.25, 0.3) is 0 Å². The quantitative estimate of drug-likeness (QED) is 0.893. The molecule has 1 aliphatic rings. The number of benzene rings is 1. The number of carbonyl (C=O) groups is 1. The Labute approximate surface area is 148 Å². The Balaban J connectivity index is 0.00000208. The zero-order valence-electron chi connectivity index (χ0n) is 14.3. The third-order valence-corrected chi connectivity index (χ3v) is 4.56. The summed E-state index contributed by atoms with van der Waals surface area (Å²) in [5, 5.41) is 14.6. The van der Waals surface area contributed by atoms with Crippen molar-refractivity contribution in [3.8, 4) is 0 Å². The van der Waals surface area contributed by atoms with Crippen LogP contribution in [0.2, 0.25) is 0 Å². The Morgan fingerprint density at radius 2 is 1.92 bits per heavy atom. The van der Waals surface area contributed by atoms with Crippen LogP contribution in [0.1, 0.15) is 46.2 Å². The number of nitrogens with zero attached hydrogens (tertiary/aromatic N) is 3. The number of rotatable bonds is 3. The molecule has 6 nitrogen and oxygen atoms in total. The molecule has 0 radical (unpaired) electrons. The lowest BCUT2D eigenvalue weighted by Gasteiger charge is -2.23. The first-order chi connectivity index (χ1) is 11.1. The molecule has 0 spiro atoms. The molecule has 7 heteroatoms. The molecule has 1 amide bonds. The summed E-state index contributed by atoms with van der Waals surface area (Å²) in [4.78, 5) is 12.5. The first kappa shape index (κ1) is 18.4. The fourth-order valence-electron chi connectivity index (χ4n) is 2.96. The van der Waals surface area contributed by atoms with Gasteiger partial charge in [-0.05, 0) is 70.0 Å². The van der Waals surface area contributed by atoms with E-state index in [0.29, 0.717) is 11.7 Å². The topological polar surface area (TPSA) is 71.8 Å². The number of piperidine rings is 1. The molecule has 130 valence electrons. The summed E-state index contributed by atoms with van der Waals surface area (Å²) < 4.78 is 1.90. The number of aromatic nitrogens is 3. The second-order valence-corrected chi connectivity index (χ2v) is 6.20. The second-order valence-electron chi connectivity index (χ2n) is 6.20. The molecule has 24 heavy (non-hydrogen) atoms. The average Bonchev–Trinajstić information content (AvgIpc) is 2.93. The van der Waals surface area contributed by atoms with Crippen molar-refractivity contribution in [2.45, 2.75) is 39.7 Å². The van der Waals surface area contributed by atoms with E-state index in [1.165, 1.54) is 5.56 Å². The molecular weight excluding hydrogens is 326 g/mol. The van der Waals surface area contributed by atoms with Crippen molar-refractivity contribution in [2.75, 3.05) is 18.4 Å². The molecule has 1 aromatic heterocycles. The highest BCUT2D eigenvalue weighted by atomic mass is 35.5. The third kappa shape index (κ3) is 3.76. The van der Waals surface area contributed by atoms with E-state index in [2.05, 4.69) is 27.9 Å². The fraction of sp³-hybridized carbons (Fsp3) is 0.471. The largest absolute Gasteiger partial charge is 0.321 e. The van der Waals surface area contributed by atoms with Crippen molar-refractivity contribution >= 4 is 24.0 Å². The summed E-state index contributed by atoms with van der Waals surface area (Å²) in [6, 6.07) is 6.21. The van der Waals surface area contributed by atoms with E-state index < -0.39 is 0 Å². The molecule has 0 saturated carbocycles. The van der Waals surface area contributed by atoms with Gasteiger partial charge in [0.15, 0.2) is 5.69 Å². The van der Waals surface area contributed by atoms with Crippen molar-refractivity contribution in [3.05, 3.63) is 40.7 Å². The van der Waals surface area contributed by atoms with Gasteiger partial charge in [0, 0.05) is 5.69 Å². The zero-order chi connectivity index (χ0) is 16.4. The molecule has 0 aliphatic carbocycles. The molecule has 1 saturated heterocycles. The molecule has 1 fully saturated rings. The Hall–Kier alpha value is -1.92. The Morgan fingerprint density at radius 3 is 2.58 bits per heavy atom. The van der Waals surface area contributed by atoms with Crippen LogP contribution in [0.5, 0.6) is 0 Å². The van der Waals surface area contributed by atoms with Gasteiger partial charge in [0.1, 0.15) is 0 Å². The third-order valence-electron chi connectivity index (χ3n) is 4.56. The van der Waals surface area contributed by atoms with Gasteiger partial charge in [-0.15, -0.1) is 17.5 Å². The van der Waals surface area contributed by atoms with Crippen LogP contribution in [0.4, 0.5) is 5.69 Å². The summed E-state index contributed by atoms with van der Waals surface area (Å²) in [5.41, 5.74) is 4.38. The number of halogens is 1. The van der Waals surface area contributed by atoms with Gasteiger partial charge in [-0.2, -0.15) is 0 Å². The van der Waals surface area contributed by atoms with E-state index in [0.717, 1.165) is 42.9 Å². The van der Waals surface area contributed by atoms with E-state index in [1.54, 1.807) is 0 Å². The smallest absolute Gasteiger partial charge is 0.278 e. The summed E-state index contributed by atoms with van der Waals surface area (Å²) in [5.74, 6) is -0.203. The zero-order valence-corrected chi connectivity index (χ0v) is 15.1. The number of amides is 1. The molecule has 1 aliphatic heterocycles. The van der Waals surface area contributed by atoms with E-state index >= 15 is 0 Å². The van der Waals surface area contributed by atoms with Crippen molar-refractivity contribution < 1.29 is 4.79 Å². The van der Waals surface area contributed by atoms with Crippen molar-refractivity contribution in [2.24, 2.45) is 0 Å². The standard InChI is InChI=1S/C17H23N5O.ClH/c1-11-4-5-14(10-12(11)2)19-17(23)16-13(3)22(21-20-16)15-6-8-18-9-7-15;/h4-5,10,15,18H,6-9H2,1-3H3,(H,19,23);1H. The highest BCUT2D eigenvalue weighted by molar-refractivity contribution is 6.03. The monoisotopic (exact) mass is 349 g/mol. The van der Waals surface area contributed by atoms with E-state index in [1.807, 2.05) is 36.7 Å². The van der Waals surface area contributed by atoms with Crippen LogP contribution < -0.4 is 10.6 Å². The molecule has 2 N–H and O–H groups in total. The minimum atomic E-state index is -0.203. The van der Waals surface area contributed by atoms with Crippen LogP contribution in [0, 0.1) is 20.8 Å². The Kier molecular flexibility index (Phi) is 5.96. The average molecular weight is 350 g/mol. The van der Waals surface area contributed by atoms with Crippen LogP contribution in [0.3, 0.4) is 0 Å². The molecule has 2 aromatic rings.